The van der Waals surface area contributed by atoms with Crippen molar-refractivity contribution in [2.75, 3.05) is 13.2 Å². The van der Waals surface area contributed by atoms with Crippen molar-refractivity contribution in [1.82, 2.24) is 4.31 Å². The highest BCUT2D eigenvalue weighted by Crippen LogP contribution is 2.14. The van der Waals surface area contributed by atoms with Crippen molar-refractivity contribution in [2.24, 2.45) is 5.73 Å². The van der Waals surface area contributed by atoms with Gasteiger partial charge in [-0.2, -0.15) is 4.31 Å². The zero-order valence-corrected chi connectivity index (χ0v) is 12.2. The second-order valence-corrected chi connectivity index (χ2v) is 6.63. The quantitative estimate of drug-likeness (QED) is 0.772. The molecule has 0 aliphatic rings. The van der Waals surface area contributed by atoms with Crippen molar-refractivity contribution in [2.45, 2.75) is 32.2 Å². The third-order valence-corrected chi connectivity index (χ3v) is 4.85. The van der Waals surface area contributed by atoms with Crippen molar-refractivity contribution < 1.29 is 13.5 Å². The van der Waals surface area contributed by atoms with Crippen LogP contribution in [-0.2, 0) is 22.3 Å². The first-order valence-electron chi connectivity index (χ1n) is 6.29. The fourth-order valence-corrected chi connectivity index (χ4v) is 3.73. The lowest BCUT2D eigenvalue weighted by Gasteiger charge is -2.25. The first-order chi connectivity index (χ1) is 8.90. The van der Waals surface area contributed by atoms with Crippen LogP contribution >= 0.6 is 0 Å². The fraction of sp³-hybridized carbons (Fsp3) is 0.538. The molecule has 0 amide bonds. The van der Waals surface area contributed by atoms with Crippen LogP contribution in [-0.4, -0.2) is 37.0 Å². The van der Waals surface area contributed by atoms with Crippen LogP contribution in [0.1, 0.15) is 25.0 Å². The Morgan fingerprint density at radius 3 is 2.47 bits per heavy atom. The van der Waals surface area contributed by atoms with Gasteiger partial charge in [0.1, 0.15) is 0 Å². The molecular weight excluding hydrogens is 264 g/mol. The van der Waals surface area contributed by atoms with Crippen LogP contribution in [0.25, 0.3) is 0 Å². The van der Waals surface area contributed by atoms with Crippen molar-refractivity contribution in [1.29, 1.82) is 0 Å². The summed E-state index contributed by atoms with van der Waals surface area (Å²) in [4.78, 5) is 0. The second-order valence-electron chi connectivity index (χ2n) is 4.71. The molecule has 0 spiro atoms. The van der Waals surface area contributed by atoms with E-state index in [4.69, 9.17) is 10.8 Å². The van der Waals surface area contributed by atoms with Gasteiger partial charge in [-0.1, -0.05) is 24.3 Å². The van der Waals surface area contributed by atoms with E-state index in [0.717, 1.165) is 5.56 Å². The van der Waals surface area contributed by atoms with Crippen LogP contribution in [0.5, 0.6) is 0 Å². The summed E-state index contributed by atoms with van der Waals surface area (Å²) >= 11 is 0. The second kappa shape index (κ2) is 7.00. The lowest BCUT2D eigenvalue weighted by atomic mass is 10.1. The molecule has 0 atom stereocenters. The number of hydrogen-bond donors (Lipinski definition) is 2. The fourth-order valence-electron chi connectivity index (χ4n) is 1.96. The highest BCUT2D eigenvalue weighted by atomic mass is 32.2. The topological polar surface area (TPSA) is 83.6 Å². The van der Waals surface area contributed by atoms with Gasteiger partial charge in [0.25, 0.3) is 0 Å². The monoisotopic (exact) mass is 286 g/mol. The van der Waals surface area contributed by atoms with Crippen molar-refractivity contribution >= 4 is 10.0 Å². The molecule has 3 N–H and O–H groups in total. The van der Waals surface area contributed by atoms with Gasteiger partial charge >= 0.3 is 0 Å². The molecule has 0 fully saturated rings. The number of rotatable bonds is 7. The van der Waals surface area contributed by atoms with Gasteiger partial charge < -0.3 is 10.8 Å². The van der Waals surface area contributed by atoms with Crippen LogP contribution in [0.3, 0.4) is 0 Å². The van der Waals surface area contributed by atoms with Crippen LogP contribution in [0.15, 0.2) is 24.3 Å². The predicted molar refractivity (Wildman–Crippen MR) is 75.9 cm³/mol. The number of aliphatic hydroxyl groups is 1. The average Bonchev–Trinajstić information content (AvgIpc) is 2.35. The minimum absolute atomic E-state index is 0.0704. The smallest absolute Gasteiger partial charge is 0.218 e. The van der Waals surface area contributed by atoms with Gasteiger partial charge in [-0.25, -0.2) is 8.42 Å². The third kappa shape index (κ3) is 4.58. The molecule has 5 nitrogen and oxygen atoms in total. The summed E-state index contributed by atoms with van der Waals surface area (Å²) < 4.78 is 26.0. The van der Waals surface area contributed by atoms with Gasteiger partial charge in [0.15, 0.2) is 0 Å². The van der Waals surface area contributed by atoms with Crippen molar-refractivity contribution in [3.63, 3.8) is 0 Å². The maximum atomic E-state index is 12.3. The van der Waals surface area contributed by atoms with Crippen LogP contribution in [0.2, 0.25) is 0 Å². The number of benzene rings is 1. The Balaban J connectivity index is 2.93. The highest BCUT2D eigenvalue weighted by Gasteiger charge is 2.24. The van der Waals surface area contributed by atoms with Gasteiger partial charge in [0.05, 0.1) is 12.4 Å². The molecule has 1 aromatic carbocycles. The minimum Gasteiger partial charge on any atom is -0.395 e. The molecular formula is C13H22N2O3S. The van der Waals surface area contributed by atoms with Crippen LogP contribution in [0.4, 0.5) is 0 Å². The Morgan fingerprint density at radius 2 is 1.95 bits per heavy atom. The predicted octanol–water partition coefficient (Wildman–Crippen LogP) is 0.678. The summed E-state index contributed by atoms with van der Waals surface area (Å²) in [6.07, 6.45) is 0. The molecule has 0 unspecified atom stereocenters. The van der Waals surface area contributed by atoms with E-state index in [9.17, 15) is 8.42 Å². The van der Waals surface area contributed by atoms with Gasteiger partial charge in [-0.15, -0.1) is 0 Å². The van der Waals surface area contributed by atoms with Crippen molar-refractivity contribution in [3.8, 4) is 0 Å². The standard InChI is InChI=1S/C13H22N2O3S/c1-11(2)15(6-7-16)19(17,18)10-13-5-3-4-12(8-13)9-14/h3-5,8,11,16H,6-7,9-10,14H2,1-2H3. The van der Waals surface area contributed by atoms with Gasteiger partial charge in [0, 0.05) is 19.1 Å². The van der Waals surface area contributed by atoms with E-state index in [1.807, 2.05) is 6.07 Å². The number of nitrogens with two attached hydrogens (primary N) is 1. The van der Waals surface area contributed by atoms with Gasteiger partial charge in [-0.05, 0) is 25.0 Å². The molecule has 0 radical (unpaired) electrons. The first kappa shape index (κ1) is 16.1. The summed E-state index contributed by atoms with van der Waals surface area (Å²) in [6.45, 7) is 3.92. The van der Waals surface area contributed by atoms with E-state index >= 15 is 0 Å². The molecule has 0 aromatic heterocycles. The number of nitrogens with zero attached hydrogens (tertiary/aromatic N) is 1. The van der Waals surface area contributed by atoms with Gasteiger partial charge in [-0.3, -0.25) is 0 Å². The maximum Gasteiger partial charge on any atom is 0.218 e. The molecule has 0 saturated carbocycles. The SMILES string of the molecule is CC(C)N(CCO)S(=O)(=O)Cc1cccc(CN)c1. The summed E-state index contributed by atoms with van der Waals surface area (Å²) in [7, 11) is -3.43. The summed E-state index contributed by atoms with van der Waals surface area (Å²) in [6, 6.07) is 7.07. The normalized spacial score (nSPS) is 12.3. The largest absolute Gasteiger partial charge is 0.395 e. The zero-order valence-electron chi connectivity index (χ0n) is 11.4. The Labute approximate surface area is 115 Å². The summed E-state index contributed by atoms with van der Waals surface area (Å²) in [5.74, 6) is -0.0704. The van der Waals surface area contributed by atoms with E-state index in [2.05, 4.69) is 0 Å². The molecule has 1 aromatic rings. The Kier molecular flexibility index (Phi) is 5.93. The molecule has 6 heteroatoms. The molecule has 0 aliphatic carbocycles. The molecule has 0 heterocycles. The van der Waals surface area contributed by atoms with Crippen LogP contribution in [0, 0.1) is 0 Å². The van der Waals surface area contributed by atoms with E-state index < -0.39 is 10.0 Å². The Morgan fingerprint density at radius 1 is 1.32 bits per heavy atom. The number of aliphatic hydroxyl groups excluding tert-OH is 1. The van der Waals surface area contributed by atoms with E-state index in [1.54, 1.807) is 32.0 Å². The lowest BCUT2D eigenvalue weighted by molar-refractivity contribution is 0.236. The molecule has 19 heavy (non-hydrogen) atoms. The molecule has 0 saturated heterocycles. The highest BCUT2D eigenvalue weighted by molar-refractivity contribution is 7.88. The molecule has 1 rings (SSSR count). The zero-order chi connectivity index (χ0) is 14.5. The van der Waals surface area contributed by atoms with E-state index in [0.29, 0.717) is 12.1 Å². The number of sulfonamides is 1. The van der Waals surface area contributed by atoms with E-state index in [1.165, 1.54) is 4.31 Å². The third-order valence-electron chi connectivity index (χ3n) is 2.83. The summed E-state index contributed by atoms with van der Waals surface area (Å²) in [5, 5.41) is 8.97. The van der Waals surface area contributed by atoms with Crippen molar-refractivity contribution in [3.05, 3.63) is 35.4 Å². The lowest BCUT2D eigenvalue weighted by Crippen LogP contribution is -2.39. The molecule has 0 bridgehead atoms. The average molecular weight is 286 g/mol. The minimum atomic E-state index is -3.43. The van der Waals surface area contributed by atoms with Crippen LogP contribution < -0.4 is 5.73 Å². The van der Waals surface area contributed by atoms with Gasteiger partial charge in [0.2, 0.25) is 10.0 Å². The Hall–Kier alpha value is -0.950. The first-order valence-corrected chi connectivity index (χ1v) is 7.90. The maximum absolute atomic E-state index is 12.3. The molecule has 0 aliphatic heterocycles. The number of hydrogen-bond acceptors (Lipinski definition) is 4. The van der Waals surface area contributed by atoms with E-state index in [-0.39, 0.29) is 24.9 Å². The molecule has 108 valence electrons. The summed E-state index contributed by atoms with van der Waals surface area (Å²) in [5.41, 5.74) is 7.17. The Bertz CT molecular complexity index is 500.